The van der Waals surface area contributed by atoms with Crippen molar-refractivity contribution in [3.63, 3.8) is 0 Å². The van der Waals surface area contributed by atoms with Crippen molar-refractivity contribution in [2.24, 2.45) is 17.3 Å². The molecule has 0 fully saturated rings. The normalized spacial score (nSPS) is 16.1. The van der Waals surface area contributed by atoms with Gasteiger partial charge in [0.25, 0.3) is 0 Å². The molecule has 3 unspecified atom stereocenters. The molecule has 35 heavy (non-hydrogen) atoms. The Hall–Kier alpha value is -1.32. The number of unbranched alkanes of at least 4 members (excludes halogenated alkanes) is 1. The van der Waals surface area contributed by atoms with E-state index in [1.807, 2.05) is 0 Å². The predicted molar refractivity (Wildman–Crippen MR) is 160 cm³/mol. The zero-order valence-electron chi connectivity index (χ0n) is 25.4. The lowest BCUT2D eigenvalue weighted by atomic mass is 9.77. The van der Waals surface area contributed by atoms with E-state index in [1.54, 1.807) is 0 Å². The van der Waals surface area contributed by atoms with E-state index in [0.29, 0.717) is 11.8 Å². The zero-order valence-corrected chi connectivity index (χ0v) is 25.4. The number of nitrogens with zero attached hydrogens (tertiary/aromatic N) is 1. The monoisotopic (exact) mass is 487 g/mol. The summed E-state index contributed by atoms with van der Waals surface area (Å²) >= 11 is 0. The third-order valence-electron chi connectivity index (χ3n) is 7.57. The molecule has 0 bridgehead atoms. The second kappa shape index (κ2) is 17.2. The molecule has 3 atom stereocenters. The molecule has 0 aliphatic carbocycles. The SMILES string of the molecule is C=C(C(NC)C(=CCC)CCC)N(CC(C(C)/C=C\C=C/C)C(C)(C)NC)CC(C)(C)CCCC. The topological polar surface area (TPSA) is 27.3 Å². The van der Waals surface area contributed by atoms with Crippen LogP contribution in [0, 0.1) is 17.3 Å². The van der Waals surface area contributed by atoms with Crippen molar-refractivity contribution < 1.29 is 0 Å². The van der Waals surface area contributed by atoms with Crippen LogP contribution >= 0.6 is 0 Å². The maximum absolute atomic E-state index is 4.74. The summed E-state index contributed by atoms with van der Waals surface area (Å²) in [6, 6.07) is 0.184. The molecule has 0 rings (SSSR count). The molecule has 0 aliphatic heterocycles. The lowest BCUT2D eigenvalue weighted by molar-refractivity contribution is 0.121. The smallest absolute Gasteiger partial charge is 0.0678 e. The average molecular weight is 488 g/mol. The van der Waals surface area contributed by atoms with Crippen LogP contribution in [0.1, 0.15) is 101 Å². The highest BCUT2D eigenvalue weighted by Gasteiger charge is 2.35. The molecule has 0 aromatic heterocycles. The molecule has 0 radical (unpaired) electrons. The van der Waals surface area contributed by atoms with Gasteiger partial charge in [-0.3, -0.25) is 0 Å². The van der Waals surface area contributed by atoms with Crippen molar-refractivity contribution in [2.45, 2.75) is 112 Å². The van der Waals surface area contributed by atoms with Crippen LogP contribution in [0.3, 0.4) is 0 Å². The van der Waals surface area contributed by atoms with Gasteiger partial charge in [-0.25, -0.2) is 0 Å². The summed E-state index contributed by atoms with van der Waals surface area (Å²) in [5.41, 5.74) is 2.91. The van der Waals surface area contributed by atoms with Gasteiger partial charge in [0.05, 0.1) is 6.04 Å². The molecule has 0 spiro atoms. The Labute approximate surface area is 220 Å². The van der Waals surface area contributed by atoms with Crippen molar-refractivity contribution >= 4 is 0 Å². The van der Waals surface area contributed by atoms with Gasteiger partial charge < -0.3 is 15.5 Å². The number of allylic oxidation sites excluding steroid dienone is 5. The van der Waals surface area contributed by atoms with Gasteiger partial charge in [0.2, 0.25) is 0 Å². The average Bonchev–Trinajstić information content (AvgIpc) is 2.80. The largest absolute Gasteiger partial charge is 0.373 e. The van der Waals surface area contributed by atoms with Gasteiger partial charge in [-0.15, -0.1) is 0 Å². The Morgan fingerprint density at radius 1 is 1.03 bits per heavy atom. The molecule has 0 amide bonds. The molecule has 3 nitrogen and oxygen atoms in total. The predicted octanol–water partition coefficient (Wildman–Crippen LogP) is 8.13. The maximum Gasteiger partial charge on any atom is 0.0678 e. The summed E-state index contributed by atoms with van der Waals surface area (Å²) in [6.07, 6.45) is 18.3. The molecule has 0 saturated heterocycles. The van der Waals surface area contributed by atoms with Crippen LogP contribution in [0.15, 0.2) is 48.2 Å². The van der Waals surface area contributed by atoms with E-state index in [2.05, 4.69) is 122 Å². The van der Waals surface area contributed by atoms with E-state index in [0.717, 1.165) is 32.4 Å². The Balaban J connectivity index is 6.38. The summed E-state index contributed by atoms with van der Waals surface area (Å²) in [5.74, 6) is 0.854. The first-order valence-corrected chi connectivity index (χ1v) is 14.2. The van der Waals surface area contributed by atoms with E-state index in [-0.39, 0.29) is 17.0 Å². The molecule has 0 heterocycles. The summed E-state index contributed by atoms with van der Waals surface area (Å²) < 4.78 is 0. The minimum absolute atomic E-state index is 0.00752. The van der Waals surface area contributed by atoms with Crippen molar-refractivity contribution in [2.75, 3.05) is 27.2 Å². The number of hydrogen-bond acceptors (Lipinski definition) is 3. The van der Waals surface area contributed by atoms with Crippen LogP contribution in [-0.2, 0) is 0 Å². The number of nitrogens with one attached hydrogen (secondary N) is 2. The fourth-order valence-corrected chi connectivity index (χ4v) is 5.16. The van der Waals surface area contributed by atoms with E-state index in [9.17, 15) is 0 Å². The first-order chi connectivity index (χ1) is 16.4. The fraction of sp³-hybridized carbons (Fsp3) is 0.750. The highest BCUT2D eigenvalue weighted by atomic mass is 15.2. The highest BCUT2D eigenvalue weighted by molar-refractivity contribution is 5.24. The van der Waals surface area contributed by atoms with E-state index < -0.39 is 0 Å². The third-order valence-corrected chi connectivity index (χ3v) is 7.57. The molecule has 0 aromatic carbocycles. The van der Waals surface area contributed by atoms with Gasteiger partial charge in [-0.05, 0) is 65.5 Å². The Morgan fingerprint density at radius 2 is 1.69 bits per heavy atom. The van der Waals surface area contributed by atoms with Gasteiger partial charge in [-0.2, -0.15) is 0 Å². The number of rotatable bonds is 19. The quantitative estimate of drug-likeness (QED) is 0.142. The Morgan fingerprint density at radius 3 is 2.17 bits per heavy atom. The molecular formula is C32H61N3. The molecule has 2 N–H and O–H groups in total. The second-order valence-electron chi connectivity index (χ2n) is 11.6. The van der Waals surface area contributed by atoms with E-state index in [4.69, 9.17) is 6.58 Å². The number of likely N-dealkylation sites (N-methyl/N-ethyl adjacent to an activating group) is 1. The van der Waals surface area contributed by atoms with E-state index >= 15 is 0 Å². The molecule has 0 saturated carbocycles. The lowest BCUT2D eigenvalue weighted by Gasteiger charge is -2.45. The second-order valence-corrected chi connectivity index (χ2v) is 11.6. The van der Waals surface area contributed by atoms with Gasteiger partial charge >= 0.3 is 0 Å². The van der Waals surface area contributed by atoms with Crippen LogP contribution < -0.4 is 10.6 Å². The lowest BCUT2D eigenvalue weighted by Crippen LogP contribution is -2.53. The summed E-state index contributed by atoms with van der Waals surface area (Å²) in [5, 5.41) is 7.26. The van der Waals surface area contributed by atoms with Gasteiger partial charge in [0, 0.05) is 30.2 Å². The first-order valence-electron chi connectivity index (χ1n) is 14.2. The number of hydrogen-bond donors (Lipinski definition) is 2. The van der Waals surface area contributed by atoms with Crippen molar-refractivity contribution in [3.8, 4) is 0 Å². The third kappa shape index (κ3) is 12.0. The fourth-order valence-electron chi connectivity index (χ4n) is 5.16. The van der Waals surface area contributed by atoms with Gasteiger partial charge in [-0.1, -0.05) is 103 Å². The Kier molecular flexibility index (Phi) is 16.5. The van der Waals surface area contributed by atoms with Crippen LogP contribution in [0.5, 0.6) is 0 Å². The summed E-state index contributed by atoms with van der Waals surface area (Å²) in [7, 11) is 4.19. The van der Waals surface area contributed by atoms with Gasteiger partial charge in [0.1, 0.15) is 0 Å². The summed E-state index contributed by atoms with van der Waals surface area (Å²) in [4.78, 5) is 2.62. The maximum atomic E-state index is 4.74. The van der Waals surface area contributed by atoms with Crippen molar-refractivity contribution in [3.05, 3.63) is 48.2 Å². The van der Waals surface area contributed by atoms with Crippen molar-refractivity contribution in [1.82, 2.24) is 15.5 Å². The molecular weight excluding hydrogens is 426 g/mol. The highest BCUT2D eigenvalue weighted by Crippen LogP contribution is 2.33. The summed E-state index contributed by atoms with van der Waals surface area (Å²) in [6.45, 7) is 27.5. The standard InChI is InChI=1S/C32H61N3/c1-13-17-19-22-26(5)29(32(9,10)34-12)24-35(25-31(7,8)23-18-14-2)27(6)30(33-11)28(20-15-3)21-16-4/h13,17,19-20,22,26,29-30,33-34H,6,14-16,18,21,23-25H2,1-5,7-12H3/b17-13-,22-19-,28-20?. The molecule has 0 aliphatic rings. The first kappa shape index (κ1) is 33.7. The van der Waals surface area contributed by atoms with Gasteiger partial charge in [0.15, 0.2) is 0 Å². The van der Waals surface area contributed by atoms with Crippen LogP contribution in [0.25, 0.3) is 0 Å². The minimum Gasteiger partial charge on any atom is -0.373 e. The minimum atomic E-state index is -0.00752. The molecule has 0 aromatic rings. The van der Waals surface area contributed by atoms with E-state index in [1.165, 1.54) is 30.5 Å². The zero-order chi connectivity index (χ0) is 27.1. The van der Waals surface area contributed by atoms with Crippen LogP contribution in [-0.4, -0.2) is 43.7 Å². The van der Waals surface area contributed by atoms with Crippen LogP contribution in [0.4, 0.5) is 0 Å². The van der Waals surface area contributed by atoms with Crippen molar-refractivity contribution in [1.29, 1.82) is 0 Å². The Bertz CT molecular complexity index is 668. The molecule has 204 valence electrons. The van der Waals surface area contributed by atoms with Crippen LogP contribution in [0.2, 0.25) is 0 Å². The molecule has 3 heteroatoms.